The van der Waals surface area contributed by atoms with Crippen molar-refractivity contribution in [3.8, 4) is 57.0 Å². The van der Waals surface area contributed by atoms with Crippen LogP contribution in [0.15, 0.2) is 60.9 Å². The van der Waals surface area contributed by atoms with Gasteiger partial charge in [-0.1, -0.05) is 0 Å². The fraction of sp³-hybridized carbons (Fsp3) is 0.267. The largest absolute Gasteiger partial charge is 0.493 e. The Hall–Kier alpha value is -4.86. The Morgan fingerprint density at radius 3 is 1.48 bits per heavy atom. The molecule has 4 aromatic rings. The fourth-order valence-corrected chi connectivity index (χ4v) is 4.68. The molecule has 206 valence electrons. The molecule has 0 N–H and O–H groups in total. The molecule has 2 aliphatic rings. The van der Waals surface area contributed by atoms with Crippen LogP contribution in [-0.2, 0) is 0 Å². The van der Waals surface area contributed by atoms with Crippen LogP contribution in [0.25, 0.3) is 22.5 Å². The number of benzene rings is 2. The molecule has 4 heterocycles. The Bertz CT molecular complexity index is 1400. The van der Waals surface area contributed by atoms with E-state index in [2.05, 4.69) is 46.0 Å². The lowest BCUT2D eigenvalue weighted by Crippen LogP contribution is -2.30. The van der Waals surface area contributed by atoms with Gasteiger partial charge in [-0.25, -0.2) is 0 Å². The Morgan fingerprint density at radius 2 is 1.10 bits per heavy atom. The van der Waals surface area contributed by atoms with Crippen molar-refractivity contribution in [2.24, 2.45) is 0 Å². The molecule has 2 aromatic heterocycles. The maximum absolute atomic E-state index is 5.55. The van der Waals surface area contributed by atoms with Crippen LogP contribution >= 0.6 is 0 Å². The molecule has 10 nitrogen and oxygen atoms in total. The summed E-state index contributed by atoms with van der Waals surface area (Å²) < 4.78 is 33.0. The van der Waals surface area contributed by atoms with Crippen LogP contribution < -0.4 is 38.2 Å². The highest BCUT2D eigenvalue weighted by Gasteiger charge is 2.22. The topological polar surface area (TPSA) is 87.6 Å². The van der Waals surface area contributed by atoms with E-state index in [4.69, 9.17) is 28.4 Å². The van der Waals surface area contributed by atoms with Crippen LogP contribution in [0.2, 0.25) is 0 Å². The first-order chi connectivity index (χ1) is 19.5. The average Bonchev–Trinajstić information content (AvgIpc) is 3.68. The average molecular weight is 543 g/mol. The maximum atomic E-state index is 5.55. The van der Waals surface area contributed by atoms with Gasteiger partial charge in [0.15, 0.2) is 23.0 Å². The Balaban J connectivity index is 1.08. The second-order valence-electron chi connectivity index (χ2n) is 9.47. The van der Waals surface area contributed by atoms with E-state index in [1.807, 2.05) is 48.8 Å². The van der Waals surface area contributed by atoms with Crippen molar-refractivity contribution >= 4 is 11.4 Å². The van der Waals surface area contributed by atoms with Gasteiger partial charge in [-0.15, -0.1) is 0 Å². The highest BCUT2D eigenvalue weighted by atomic mass is 16.7. The number of ether oxygens (including phenoxy) is 6. The number of hydrogen-bond acceptors (Lipinski definition) is 10. The minimum atomic E-state index is 0.191. The molecule has 0 spiro atoms. The van der Waals surface area contributed by atoms with E-state index in [0.717, 1.165) is 47.0 Å². The Labute approximate surface area is 232 Å². The van der Waals surface area contributed by atoms with E-state index in [1.54, 1.807) is 14.2 Å². The van der Waals surface area contributed by atoms with E-state index in [0.29, 0.717) is 34.5 Å². The summed E-state index contributed by atoms with van der Waals surface area (Å²) in [7, 11) is 7.35. The molecule has 40 heavy (non-hydrogen) atoms. The number of methoxy groups -OCH3 is 2. The third-order valence-electron chi connectivity index (χ3n) is 7.06. The molecule has 0 amide bonds. The lowest BCUT2D eigenvalue weighted by Gasteiger charge is -2.25. The third kappa shape index (κ3) is 4.84. The van der Waals surface area contributed by atoms with Gasteiger partial charge < -0.3 is 38.2 Å². The normalized spacial score (nSPS) is 12.8. The second kappa shape index (κ2) is 10.7. The van der Waals surface area contributed by atoms with Gasteiger partial charge in [-0.05, 0) is 48.5 Å². The first kappa shape index (κ1) is 25.4. The summed E-state index contributed by atoms with van der Waals surface area (Å²) in [6.07, 6.45) is 3.75. The van der Waals surface area contributed by atoms with Gasteiger partial charge >= 0.3 is 0 Å². The minimum absolute atomic E-state index is 0.191. The summed E-state index contributed by atoms with van der Waals surface area (Å²) in [5, 5.41) is 0. The number of fused-ring (bicyclic) bond motifs is 2. The van der Waals surface area contributed by atoms with E-state index >= 15 is 0 Å². The van der Waals surface area contributed by atoms with Gasteiger partial charge in [-0.2, -0.15) is 0 Å². The molecule has 0 unspecified atom stereocenters. The predicted molar refractivity (Wildman–Crippen MR) is 151 cm³/mol. The van der Waals surface area contributed by atoms with Crippen LogP contribution in [0.3, 0.4) is 0 Å². The first-order valence-corrected chi connectivity index (χ1v) is 12.8. The quantitative estimate of drug-likeness (QED) is 0.292. The first-order valence-electron chi connectivity index (χ1n) is 12.8. The molecule has 0 radical (unpaired) electrons. The molecule has 2 aromatic carbocycles. The number of hydrogen-bond donors (Lipinski definition) is 0. The van der Waals surface area contributed by atoms with E-state index in [9.17, 15) is 0 Å². The molecular weight excluding hydrogens is 512 g/mol. The van der Waals surface area contributed by atoms with E-state index in [1.165, 1.54) is 0 Å². The molecule has 0 saturated carbocycles. The maximum Gasteiger partial charge on any atom is 0.231 e. The lowest BCUT2D eigenvalue weighted by atomic mass is 10.1. The van der Waals surface area contributed by atoms with Crippen molar-refractivity contribution in [3.05, 3.63) is 60.9 Å². The third-order valence-corrected chi connectivity index (χ3v) is 7.06. The molecular formula is C30H30N4O6. The summed E-state index contributed by atoms with van der Waals surface area (Å²) in [6.45, 7) is 1.99. The van der Waals surface area contributed by atoms with Crippen LogP contribution in [-0.4, -0.2) is 65.0 Å². The smallest absolute Gasteiger partial charge is 0.231 e. The van der Waals surface area contributed by atoms with Gasteiger partial charge in [0.05, 0.1) is 49.4 Å². The number of aromatic nitrogens is 2. The molecule has 0 saturated heterocycles. The lowest BCUT2D eigenvalue weighted by molar-refractivity contribution is 0.171. The highest BCUT2D eigenvalue weighted by molar-refractivity contribution is 5.71. The fourth-order valence-electron chi connectivity index (χ4n) is 4.68. The molecule has 10 heteroatoms. The van der Waals surface area contributed by atoms with Crippen molar-refractivity contribution < 1.29 is 28.4 Å². The van der Waals surface area contributed by atoms with E-state index in [-0.39, 0.29) is 13.6 Å². The van der Waals surface area contributed by atoms with Crippen molar-refractivity contribution in [2.45, 2.75) is 0 Å². The van der Waals surface area contributed by atoms with Crippen LogP contribution in [0.5, 0.6) is 34.5 Å². The van der Waals surface area contributed by atoms with Crippen molar-refractivity contribution in [2.75, 3.05) is 64.8 Å². The van der Waals surface area contributed by atoms with Crippen molar-refractivity contribution in [1.82, 2.24) is 9.97 Å². The van der Waals surface area contributed by atoms with Crippen LogP contribution in [0.4, 0.5) is 11.4 Å². The van der Waals surface area contributed by atoms with Gasteiger partial charge in [0.25, 0.3) is 0 Å². The number of pyridine rings is 2. The zero-order chi connectivity index (χ0) is 27.6. The SMILES string of the molecule is COc1cc(-c2ccc(N(C)CCN(C)c3ccc(-c4cc(OC)c5c(c4)OCO5)nc3)cn2)cc2c1OCO2. The summed E-state index contributed by atoms with van der Waals surface area (Å²) in [5.41, 5.74) is 5.52. The van der Waals surface area contributed by atoms with Crippen LogP contribution in [0.1, 0.15) is 0 Å². The second-order valence-corrected chi connectivity index (χ2v) is 9.47. The van der Waals surface area contributed by atoms with Crippen molar-refractivity contribution in [1.29, 1.82) is 0 Å². The molecule has 0 fully saturated rings. The van der Waals surface area contributed by atoms with Gasteiger partial charge in [0, 0.05) is 38.3 Å². The predicted octanol–water partition coefficient (Wildman–Crippen LogP) is 4.86. The summed E-state index contributed by atoms with van der Waals surface area (Å²) in [4.78, 5) is 13.7. The number of rotatable bonds is 9. The minimum Gasteiger partial charge on any atom is -0.493 e. The zero-order valence-electron chi connectivity index (χ0n) is 22.8. The number of nitrogens with zero attached hydrogens (tertiary/aromatic N) is 4. The molecule has 2 aliphatic heterocycles. The van der Waals surface area contributed by atoms with Crippen molar-refractivity contribution in [3.63, 3.8) is 0 Å². The summed E-state index contributed by atoms with van der Waals surface area (Å²) in [6, 6.07) is 15.8. The van der Waals surface area contributed by atoms with Gasteiger partial charge in [-0.3, -0.25) is 9.97 Å². The number of anilines is 2. The standard InChI is InChI=1S/C30H30N4O6/c1-33(21-5-7-23(31-15-21)19-11-25(35-3)29-27(13-19)37-17-39-29)9-10-34(2)22-6-8-24(32-16-22)20-12-26(36-4)30-28(14-20)38-18-40-30/h5-8,11-16H,9-10,17-18H2,1-4H3. The summed E-state index contributed by atoms with van der Waals surface area (Å²) >= 11 is 0. The van der Waals surface area contributed by atoms with Gasteiger partial charge in [0.2, 0.25) is 25.1 Å². The monoisotopic (exact) mass is 542 g/mol. The van der Waals surface area contributed by atoms with Crippen LogP contribution in [0, 0.1) is 0 Å². The Kier molecular flexibility index (Phi) is 6.81. The zero-order valence-corrected chi connectivity index (χ0v) is 22.8. The number of likely N-dealkylation sites (N-methyl/N-ethyl adjacent to an activating group) is 2. The molecule has 6 rings (SSSR count). The van der Waals surface area contributed by atoms with E-state index < -0.39 is 0 Å². The molecule has 0 atom stereocenters. The molecule has 0 bridgehead atoms. The Morgan fingerprint density at radius 1 is 0.650 bits per heavy atom. The molecule has 0 aliphatic carbocycles. The summed E-state index contributed by atoms with van der Waals surface area (Å²) in [5.74, 6) is 3.86. The highest BCUT2D eigenvalue weighted by Crippen LogP contribution is 2.45. The van der Waals surface area contributed by atoms with Gasteiger partial charge in [0.1, 0.15) is 0 Å².